The van der Waals surface area contributed by atoms with Crippen LogP contribution in [0.2, 0.25) is 0 Å². The molecule has 1 fully saturated rings. The minimum absolute atomic E-state index is 0.0197. The molecule has 28 heavy (non-hydrogen) atoms. The van der Waals surface area contributed by atoms with E-state index in [1.165, 1.54) is 9.13 Å². The normalized spacial score (nSPS) is 19.9. The fourth-order valence-corrected chi connectivity index (χ4v) is 3.67. The van der Waals surface area contributed by atoms with Crippen LogP contribution in [-0.4, -0.2) is 55.2 Å². The number of morpholine rings is 1. The van der Waals surface area contributed by atoms with Gasteiger partial charge in [-0.3, -0.25) is 13.9 Å². The summed E-state index contributed by atoms with van der Waals surface area (Å²) in [4.78, 5) is 36.3. The lowest BCUT2D eigenvalue weighted by Crippen LogP contribution is -2.49. The Morgan fingerprint density at radius 1 is 1.18 bits per heavy atom. The van der Waals surface area contributed by atoms with E-state index >= 15 is 0 Å². The molecule has 1 amide bonds. The molecule has 2 aromatic heterocycles. The first kappa shape index (κ1) is 18.4. The summed E-state index contributed by atoms with van der Waals surface area (Å²) in [5, 5.41) is 0. The first-order valence-electron chi connectivity index (χ1n) is 9.35. The Morgan fingerprint density at radius 3 is 2.54 bits per heavy atom. The van der Waals surface area contributed by atoms with Crippen molar-refractivity contribution < 1.29 is 9.53 Å². The summed E-state index contributed by atoms with van der Waals surface area (Å²) in [5.74, 6) is 0.437. The molecule has 0 saturated carbocycles. The van der Waals surface area contributed by atoms with Crippen LogP contribution in [0, 0.1) is 0 Å². The summed E-state index contributed by atoms with van der Waals surface area (Å²) >= 11 is 0. The number of aryl methyl sites for hydroxylation is 1. The van der Waals surface area contributed by atoms with Gasteiger partial charge in [-0.05, 0) is 13.8 Å². The van der Waals surface area contributed by atoms with Crippen LogP contribution in [0.15, 0.2) is 41.3 Å². The molecule has 1 aliphatic rings. The maximum absolute atomic E-state index is 12.8. The van der Waals surface area contributed by atoms with E-state index in [9.17, 15) is 9.59 Å². The summed E-state index contributed by atoms with van der Waals surface area (Å²) in [5.41, 5.74) is 1.65. The molecule has 146 valence electrons. The van der Waals surface area contributed by atoms with Gasteiger partial charge in [-0.2, -0.15) is 0 Å². The zero-order valence-corrected chi connectivity index (χ0v) is 16.2. The largest absolute Gasteiger partial charge is 0.372 e. The van der Waals surface area contributed by atoms with Crippen molar-refractivity contribution in [1.29, 1.82) is 0 Å². The highest BCUT2D eigenvalue weighted by Gasteiger charge is 2.27. The molecule has 0 spiro atoms. The van der Waals surface area contributed by atoms with Crippen LogP contribution in [0.1, 0.15) is 13.8 Å². The van der Waals surface area contributed by atoms with Gasteiger partial charge in [0.25, 0.3) is 0 Å². The van der Waals surface area contributed by atoms with E-state index in [0.717, 1.165) is 5.56 Å². The summed E-state index contributed by atoms with van der Waals surface area (Å²) in [7, 11) is 1.66. The third-order valence-electron chi connectivity index (χ3n) is 4.97. The number of benzene rings is 1. The molecule has 2 atom stereocenters. The van der Waals surface area contributed by atoms with E-state index < -0.39 is 0 Å². The lowest BCUT2D eigenvalue weighted by molar-refractivity contribution is -0.143. The highest BCUT2D eigenvalue weighted by molar-refractivity contribution is 5.80. The number of amides is 1. The predicted octanol–water partition coefficient (Wildman–Crippen LogP) is 1.43. The molecular formula is C20H23N5O3. The van der Waals surface area contributed by atoms with Gasteiger partial charge in [0.15, 0.2) is 11.5 Å². The molecule has 8 nitrogen and oxygen atoms in total. The number of carbonyl (C=O) groups is 1. The van der Waals surface area contributed by atoms with Gasteiger partial charge in [-0.25, -0.2) is 14.8 Å². The lowest BCUT2D eigenvalue weighted by Gasteiger charge is -2.35. The second kappa shape index (κ2) is 7.20. The third-order valence-corrected chi connectivity index (χ3v) is 4.97. The van der Waals surface area contributed by atoms with Gasteiger partial charge in [0.05, 0.1) is 18.4 Å². The monoisotopic (exact) mass is 381 g/mol. The van der Waals surface area contributed by atoms with Crippen molar-refractivity contribution in [3.63, 3.8) is 0 Å². The Bertz CT molecular complexity index is 1060. The minimum atomic E-state index is -0.280. The average molecular weight is 381 g/mol. The standard InChI is InChI=1S/C20H23N5O3/c1-13-10-24(11-14(2)28-13)17(26)12-25-16-9-21-18(15-7-5-4-6-8-15)22-19(16)23(3)20(25)27/h4-9,13-14H,10-12H2,1-3H3. The van der Waals surface area contributed by atoms with Crippen LogP contribution in [-0.2, 0) is 23.1 Å². The van der Waals surface area contributed by atoms with Crippen LogP contribution in [0.3, 0.4) is 0 Å². The lowest BCUT2D eigenvalue weighted by atomic mass is 10.2. The summed E-state index contributed by atoms with van der Waals surface area (Å²) in [6.45, 7) is 4.90. The van der Waals surface area contributed by atoms with E-state index in [4.69, 9.17) is 4.74 Å². The summed E-state index contributed by atoms with van der Waals surface area (Å²) in [6, 6.07) is 9.58. The van der Waals surface area contributed by atoms with Crippen molar-refractivity contribution in [3.05, 3.63) is 47.0 Å². The number of aromatic nitrogens is 4. The quantitative estimate of drug-likeness (QED) is 0.686. The zero-order valence-electron chi connectivity index (χ0n) is 16.2. The topological polar surface area (TPSA) is 82.3 Å². The number of carbonyl (C=O) groups excluding carboxylic acids is 1. The van der Waals surface area contributed by atoms with Gasteiger partial charge >= 0.3 is 5.69 Å². The van der Waals surface area contributed by atoms with Gasteiger partial charge in [0.2, 0.25) is 5.91 Å². The second-order valence-electron chi connectivity index (χ2n) is 7.25. The molecular weight excluding hydrogens is 358 g/mol. The third kappa shape index (κ3) is 3.31. The smallest absolute Gasteiger partial charge is 0.330 e. The number of hydrogen-bond donors (Lipinski definition) is 0. The van der Waals surface area contributed by atoms with Crippen molar-refractivity contribution in [1.82, 2.24) is 24.0 Å². The van der Waals surface area contributed by atoms with Crippen molar-refractivity contribution >= 4 is 17.1 Å². The Morgan fingerprint density at radius 2 is 1.86 bits per heavy atom. The highest BCUT2D eigenvalue weighted by Crippen LogP contribution is 2.18. The first-order valence-corrected chi connectivity index (χ1v) is 9.35. The SMILES string of the molecule is CC1CN(C(=O)Cn2c(=O)n(C)c3nc(-c4ccccc4)ncc32)CC(C)O1. The number of fused-ring (bicyclic) bond motifs is 1. The highest BCUT2D eigenvalue weighted by atomic mass is 16.5. The van der Waals surface area contributed by atoms with E-state index in [2.05, 4.69) is 9.97 Å². The van der Waals surface area contributed by atoms with Gasteiger partial charge in [-0.15, -0.1) is 0 Å². The predicted molar refractivity (Wildman–Crippen MR) is 105 cm³/mol. The van der Waals surface area contributed by atoms with Crippen LogP contribution in [0.4, 0.5) is 0 Å². The van der Waals surface area contributed by atoms with Gasteiger partial charge in [0, 0.05) is 25.7 Å². The molecule has 3 aromatic rings. The van der Waals surface area contributed by atoms with Crippen molar-refractivity contribution in [2.75, 3.05) is 13.1 Å². The molecule has 0 radical (unpaired) electrons. The number of imidazole rings is 1. The Balaban J connectivity index is 1.67. The van der Waals surface area contributed by atoms with Crippen molar-refractivity contribution in [2.45, 2.75) is 32.6 Å². The molecule has 1 saturated heterocycles. The van der Waals surface area contributed by atoms with Gasteiger partial charge < -0.3 is 9.64 Å². The molecule has 8 heteroatoms. The van der Waals surface area contributed by atoms with Gasteiger partial charge in [-0.1, -0.05) is 30.3 Å². The minimum Gasteiger partial charge on any atom is -0.372 e. The molecule has 1 aliphatic heterocycles. The Labute approximate surface area is 162 Å². The van der Waals surface area contributed by atoms with Crippen molar-refractivity contribution in [2.24, 2.45) is 7.05 Å². The van der Waals surface area contributed by atoms with Crippen LogP contribution < -0.4 is 5.69 Å². The second-order valence-corrected chi connectivity index (χ2v) is 7.25. The van der Waals surface area contributed by atoms with E-state index in [0.29, 0.717) is 30.1 Å². The Hall–Kier alpha value is -3.00. The van der Waals surface area contributed by atoms with E-state index in [1.807, 2.05) is 44.2 Å². The maximum atomic E-state index is 12.8. The summed E-state index contributed by atoms with van der Waals surface area (Å²) in [6.07, 6.45) is 1.58. The number of nitrogens with zero attached hydrogens (tertiary/aromatic N) is 5. The molecule has 1 aromatic carbocycles. The van der Waals surface area contributed by atoms with Crippen LogP contribution in [0.25, 0.3) is 22.6 Å². The van der Waals surface area contributed by atoms with Crippen LogP contribution in [0.5, 0.6) is 0 Å². The fraction of sp³-hybridized carbons (Fsp3) is 0.400. The van der Waals surface area contributed by atoms with E-state index in [-0.39, 0.29) is 30.3 Å². The van der Waals surface area contributed by atoms with E-state index in [1.54, 1.807) is 18.1 Å². The summed E-state index contributed by atoms with van der Waals surface area (Å²) < 4.78 is 8.58. The van der Waals surface area contributed by atoms with Gasteiger partial charge in [0.1, 0.15) is 12.1 Å². The maximum Gasteiger partial charge on any atom is 0.330 e. The molecule has 0 N–H and O–H groups in total. The zero-order chi connectivity index (χ0) is 19.8. The molecule has 2 unspecified atom stereocenters. The average Bonchev–Trinajstić information content (AvgIpc) is 2.92. The number of hydrogen-bond acceptors (Lipinski definition) is 5. The molecule has 0 bridgehead atoms. The molecule has 4 rings (SSSR count). The Kier molecular flexibility index (Phi) is 4.72. The fourth-order valence-electron chi connectivity index (χ4n) is 3.67. The first-order chi connectivity index (χ1) is 13.4. The van der Waals surface area contributed by atoms with Crippen molar-refractivity contribution in [3.8, 4) is 11.4 Å². The number of rotatable bonds is 3. The molecule has 0 aliphatic carbocycles. The molecule has 3 heterocycles. The van der Waals surface area contributed by atoms with Crippen LogP contribution >= 0.6 is 0 Å². The number of ether oxygens (including phenoxy) is 1.